The molecule has 0 spiro atoms. The van der Waals surface area contributed by atoms with E-state index in [1.54, 1.807) is 0 Å². The first-order valence-corrected chi connectivity index (χ1v) is 7.56. The van der Waals surface area contributed by atoms with Gasteiger partial charge in [0.05, 0.1) is 19.6 Å². The van der Waals surface area contributed by atoms with Crippen molar-refractivity contribution in [1.29, 1.82) is 0 Å². The largest absolute Gasteiger partial charge is 0.395 e. The molecule has 3 rings (SSSR count). The first kappa shape index (κ1) is 14.8. The van der Waals surface area contributed by atoms with E-state index in [4.69, 9.17) is 5.11 Å². The maximum absolute atomic E-state index is 12.4. The van der Waals surface area contributed by atoms with Gasteiger partial charge in [-0.05, 0) is 22.8 Å². The van der Waals surface area contributed by atoms with E-state index < -0.39 is 0 Å². The van der Waals surface area contributed by atoms with Gasteiger partial charge < -0.3 is 15.3 Å². The third kappa shape index (κ3) is 3.03. The monoisotopic (exact) mass is 296 g/mol. The molecular formula is C18H20N2O2. The van der Waals surface area contributed by atoms with Gasteiger partial charge in [0.15, 0.2) is 0 Å². The van der Waals surface area contributed by atoms with E-state index in [2.05, 4.69) is 5.32 Å². The third-order valence-electron chi connectivity index (χ3n) is 3.96. The van der Waals surface area contributed by atoms with Crippen LogP contribution in [0.1, 0.15) is 16.7 Å². The van der Waals surface area contributed by atoms with Crippen LogP contribution in [0.3, 0.4) is 0 Å². The minimum absolute atomic E-state index is 0.119. The van der Waals surface area contributed by atoms with Crippen LogP contribution >= 0.6 is 0 Å². The fraction of sp³-hybridized carbons (Fsp3) is 0.278. The summed E-state index contributed by atoms with van der Waals surface area (Å²) in [5, 5.41) is 12.0. The summed E-state index contributed by atoms with van der Waals surface area (Å²) >= 11 is 0. The minimum atomic E-state index is 0.119. The predicted octanol–water partition coefficient (Wildman–Crippen LogP) is 1.86. The zero-order valence-electron chi connectivity index (χ0n) is 12.5. The van der Waals surface area contributed by atoms with Gasteiger partial charge in [0.2, 0.25) is 5.91 Å². The van der Waals surface area contributed by atoms with Gasteiger partial charge in [0.1, 0.15) is 0 Å². The number of carbonyl (C=O) groups excluding carboxylic acids is 1. The smallest absolute Gasteiger partial charge is 0.231 e. The first-order chi connectivity index (χ1) is 10.8. The number of carbonyl (C=O) groups is 1. The number of fused-ring (bicyclic) bond motifs is 1. The fourth-order valence-electron chi connectivity index (χ4n) is 2.87. The molecule has 114 valence electrons. The highest BCUT2D eigenvalue weighted by Gasteiger charge is 2.28. The van der Waals surface area contributed by atoms with Crippen molar-refractivity contribution in [2.45, 2.75) is 19.5 Å². The molecule has 22 heavy (non-hydrogen) atoms. The van der Waals surface area contributed by atoms with Crippen LogP contribution in [-0.2, 0) is 24.3 Å². The summed E-state index contributed by atoms with van der Waals surface area (Å²) in [6.07, 6.45) is 0.457. The number of hydrogen-bond donors (Lipinski definition) is 2. The maximum atomic E-state index is 12.4. The van der Waals surface area contributed by atoms with E-state index >= 15 is 0 Å². The summed E-state index contributed by atoms with van der Waals surface area (Å²) in [7, 11) is 0. The molecule has 0 bridgehead atoms. The Morgan fingerprint density at radius 2 is 1.91 bits per heavy atom. The highest BCUT2D eigenvalue weighted by molar-refractivity contribution is 6.01. The third-order valence-corrected chi connectivity index (χ3v) is 3.96. The predicted molar refractivity (Wildman–Crippen MR) is 86.6 cm³/mol. The lowest BCUT2D eigenvalue weighted by molar-refractivity contribution is -0.117. The van der Waals surface area contributed by atoms with Gasteiger partial charge in [0.25, 0.3) is 0 Å². The highest BCUT2D eigenvalue weighted by Crippen LogP contribution is 2.32. The SMILES string of the molecule is O=C1Cc2c(CNCCO)cccc2N1Cc1ccccc1. The van der Waals surface area contributed by atoms with Crippen LogP contribution in [-0.4, -0.2) is 24.2 Å². The molecule has 1 heterocycles. The Kier molecular flexibility index (Phi) is 4.51. The molecule has 2 N–H and O–H groups in total. The second kappa shape index (κ2) is 6.73. The molecule has 4 nitrogen and oxygen atoms in total. The molecule has 2 aromatic rings. The zero-order valence-corrected chi connectivity index (χ0v) is 12.5. The number of anilines is 1. The second-order valence-electron chi connectivity index (χ2n) is 5.46. The molecule has 1 aliphatic rings. The van der Waals surface area contributed by atoms with Gasteiger partial charge in [0, 0.05) is 18.8 Å². The van der Waals surface area contributed by atoms with Crippen molar-refractivity contribution in [3.8, 4) is 0 Å². The molecular weight excluding hydrogens is 276 g/mol. The number of benzene rings is 2. The molecule has 1 aliphatic heterocycles. The highest BCUT2D eigenvalue weighted by atomic mass is 16.3. The van der Waals surface area contributed by atoms with E-state index in [1.807, 2.05) is 53.4 Å². The van der Waals surface area contributed by atoms with Crippen molar-refractivity contribution in [2.24, 2.45) is 0 Å². The van der Waals surface area contributed by atoms with Crippen molar-refractivity contribution in [1.82, 2.24) is 5.32 Å². The van der Waals surface area contributed by atoms with Gasteiger partial charge in [-0.15, -0.1) is 0 Å². The fourth-order valence-corrected chi connectivity index (χ4v) is 2.87. The zero-order chi connectivity index (χ0) is 15.4. The Bertz CT molecular complexity index is 655. The molecule has 0 saturated heterocycles. The van der Waals surface area contributed by atoms with Crippen molar-refractivity contribution in [2.75, 3.05) is 18.1 Å². The molecule has 0 radical (unpaired) electrons. The Hall–Kier alpha value is -2.17. The Morgan fingerprint density at radius 3 is 2.68 bits per heavy atom. The molecule has 1 amide bonds. The summed E-state index contributed by atoms with van der Waals surface area (Å²) in [5.74, 6) is 0.147. The normalized spacial score (nSPS) is 13.5. The van der Waals surface area contributed by atoms with E-state index in [-0.39, 0.29) is 12.5 Å². The van der Waals surface area contributed by atoms with E-state index in [0.717, 1.165) is 22.4 Å². The van der Waals surface area contributed by atoms with Crippen LogP contribution < -0.4 is 10.2 Å². The lowest BCUT2D eigenvalue weighted by Crippen LogP contribution is -2.25. The Labute approximate surface area is 130 Å². The molecule has 0 fully saturated rings. The lowest BCUT2D eigenvalue weighted by atomic mass is 10.0. The van der Waals surface area contributed by atoms with Crippen molar-refractivity contribution in [3.63, 3.8) is 0 Å². The second-order valence-corrected chi connectivity index (χ2v) is 5.46. The van der Waals surface area contributed by atoms with Crippen LogP contribution in [0.2, 0.25) is 0 Å². The average molecular weight is 296 g/mol. The van der Waals surface area contributed by atoms with Crippen molar-refractivity contribution >= 4 is 11.6 Å². The van der Waals surface area contributed by atoms with Gasteiger partial charge in [-0.3, -0.25) is 4.79 Å². The summed E-state index contributed by atoms with van der Waals surface area (Å²) in [6, 6.07) is 16.1. The molecule has 0 aromatic heterocycles. The molecule has 4 heteroatoms. The molecule has 0 aliphatic carbocycles. The Balaban J connectivity index is 1.82. The average Bonchev–Trinajstić information content (AvgIpc) is 2.86. The summed E-state index contributed by atoms with van der Waals surface area (Å²) in [5.41, 5.74) is 4.38. The van der Waals surface area contributed by atoms with Gasteiger partial charge in [-0.1, -0.05) is 42.5 Å². The van der Waals surface area contributed by atoms with Crippen LogP contribution in [0.5, 0.6) is 0 Å². The molecule has 2 aromatic carbocycles. The maximum Gasteiger partial charge on any atom is 0.231 e. The number of rotatable bonds is 6. The van der Waals surface area contributed by atoms with Gasteiger partial charge in [-0.25, -0.2) is 0 Å². The standard InChI is InChI=1S/C18H20N2O2/c21-10-9-19-12-15-7-4-8-17-16(15)11-18(22)20(17)13-14-5-2-1-3-6-14/h1-8,19,21H,9-13H2. The van der Waals surface area contributed by atoms with Crippen LogP contribution in [0, 0.1) is 0 Å². The number of amides is 1. The number of hydrogen-bond acceptors (Lipinski definition) is 3. The van der Waals surface area contributed by atoms with Crippen molar-refractivity contribution in [3.05, 3.63) is 65.2 Å². The topological polar surface area (TPSA) is 52.6 Å². The molecule has 0 unspecified atom stereocenters. The summed E-state index contributed by atoms with van der Waals surface area (Å²) in [6.45, 7) is 1.97. The first-order valence-electron chi connectivity index (χ1n) is 7.56. The lowest BCUT2D eigenvalue weighted by Gasteiger charge is -2.18. The number of aliphatic hydroxyl groups is 1. The molecule has 0 saturated carbocycles. The summed E-state index contributed by atoms with van der Waals surface area (Å²) < 4.78 is 0. The number of nitrogens with zero attached hydrogens (tertiary/aromatic N) is 1. The van der Waals surface area contributed by atoms with E-state index in [0.29, 0.717) is 26.1 Å². The van der Waals surface area contributed by atoms with Gasteiger partial charge >= 0.3 is 0 Å². The number of aliphatic hydroxyl groups excluding tert-OH is 1. The molecule has 0 atom stereocenters. The van der Waals surface area contributed by atoms with E-state index in [1.165, 1.54) is 0 Å². The number of nitrogens with one attached hydrogen (secondary N) is 1. The quantitative estimate of drug-likeness (QED) is 0.800. The van der Waals surface area contributed by atoms with Crippen LogP contribution in [0.25, 0.3) is 0 Å². The minimum Gasteiger partial charge on any atom is -0.395 e. The van der Waals surface area contributed by atoms with E-state index in [9.17, 15) is 4.79 Å². The van der Waals surface area contributed by atoms with Crippen molar-refractivity contribution < 1.29 is 9.90 Å². The van der Waals surface area contributed by atoms with Crippen LogP contribution in [0.15, 0.2) is 48.5 Å². The Morgan fingerprint density at radius 1 is 1.09 bits per heavy atom. The van der Waals surface area contributed by atoms with Crippen LogP contribution in [0.4, 0.5) is 5.69 Å². The van der Waals surface area contributed by atoms with Gasteiger partial charge in [-0.2, -0.15) is 0 Å². The summed E-state index contributed by atoms with van der Waals surface area (Å²) in [4.78, 5) is 14.2.